The molecule has 0 saturated carbocycles. The van der Waals surface area contributed by atoms with Gasteiger partial charge in [0, 0.05) is 24.8 Å². The standard InChI is InChI=1S/C19H27N5OS2/c1-4-24-10-8-15(9-11-24)20-17(25)12-26-19-23-22-18(27-19)21-16-7-5-6-13(2)14(16)3/h5-7,15H,4,8-12H2,1-3H3,(H,20,25)(H,21,22). The van der Waals surface area contributed by atoms with Crippen molar-refractivity contribution in [2.45, 2.75) is 44.0 Å². The maximum absolute atomic E-state index is 12.2. The lowest BCUT2D eigenvalue weighted by Gasteiger charge is -2.31. The number of thioether (sulfide) groups is 1. The van der Waals surface area contributed by atoms with Gasteiger partial charge in [-0.3, -0.25) is 4.79 Å². The quantitative estimate of drug-likeness (QED) is 0.686. The first-order valence-electron chi connectivity index (χ1n) is 9.36. The number of hydrogen-bond donors (Lipinski definition) is 2. The molecule has 8 heteroatoms. The Morgan fingerprint density at radius 3 is 2.81 bits per heavy atom. The minimum Gasteiger partial charge on any atom is -0.353 e. The molecular formula is C19H27N5OS2. The van der Waals surface area contributed by atoms with Crippen molar-refractivity contribution in [1.82, 2.24) is 20.4 Å². The van der Waals surface area contributed by atoms with Gasteiger partial charge >= 0.3 is 0 Å². The molecule has 0 spiro atoms. The van der Waals surface area contributed by atoms with E-state index in [0.29, 0.717) is 11.8 Å². The number of carbonyl (C=O) groups excluding carboxylic acids is 1. The maximum Gasteiger partial charge on any atom is 0.230 e. The third-order valence-electron chi connectivity index (χ3n) is 4.98. The van der Waals surface area contributed by atoms with Gasteiger partial charge in [-0.05, 0) is 50.4 Å². The number of benzene rings is 1. The Hall–Kier alpha value is -1.64. The lowest BCUT2D eigenvalue weighted by Crippen LogP contribution is -2.45. The number of anilines is 2. The fraction of sp³-hybridized carbons (Fsp3) is 0.526. The SMILES string of the molecule is CCN1CCC(NC(=O)CSc2nnc(Nc3cccc(C)c3C)s2)CC1. The Morgan fingerprint density at radius 1 is 1.30 bits per heavy atom. The molecule has 1 aliphatic rings. The highest BCUT2D eigenvalue weighted by molar-refractivity contribution is 8.01. The smallest absolute Gasteiger partial charge is 0.230 e. The van der Waals surface area contributed by atoms with E-state index in [-0.39, 0.29) is 5.91 Å². The van der Waals surface area contributed by atoms with Crippen molar-refractivity contribution >= 4 is 39.8 Å². The van der Waals surface area contributed by atoms with Gasteiger partial charge in [0.25, 0.3) is 0 Å². The zero-order valence-electron chi connectivity index (χ0n) is 16.1. The van der Waals surface area contributed by atoms with E-state index in [2.05, 4.69) is 52.6 Å². The van der Waals surface area contributed by atoms with Crippen LogP contribution in [0.4, 0.5) is 10.8 Å². The van der Waals surface area contributed by atoms with E-state index in [1.54, 1.807) is 0 Å². The van der Waals surface area contributed by atoms with E-state index in [9.17, 15) is 4.79 Å². The van der Waals surface area contributed by atoms with Gasteiger partial charge in [0.1, 0.15) is 0 Å². The Balaban J connectivity index is 1.45. The van der Waals surface area contributed by atoms with Gasteiger partial charge in [-0.25, -0.2) is 0 Å². The number of likely N-dealkylation sites (tertiary alicyclic amines) is 1. The van der Waals surface area contributed by atoms with E-state index < -0.39 is 0 Å². The summed E-state index contributed by atoms with van der Waals surface area (Å²) in [5.74, 6) is 0.459. The Labute approximate surface area is 169 Å². The molecule has 1 fully saturated rings. The van der Waals surface area contributed by atoms with Crippen molar-refractivity contribution < 1.29 is 4.79 Å². The van der Waals surface area contributed by atoms with Crippen molar-refractivity contribution in [3.63, 3.8) is 0 Å². The minimum atomic E-state index is 0.0780. The van der Waals surface area contributed by atoms with Crippen LogP contribution in [0.15, 0.2) is 22.5 Å². The zero-order chi connectivity index (χ0) is 19.2. The Bertz CT molecular complexity index is 771. The highest BCUT2D eigenvalue weighted by Gasteiger charge is 2.19. The lowest BCUT2D eigenvalue weighted by molar-refractivity contribution is -0.119. The molecule has 2 heterocycles. The van der Waals surface area contributed by atoms with Crippen molar-refractivity contribution in [1.29, 1.82) is 0 Å². The lowest BCUT2D eigenvalue weighted by atomic mass is 10.1. The Kier molecular flexibility index (Phi) is 7.09. The van der Waals surface area contributed by atoms with E-state index in [4.69, 9.17) is 0 Å². The van der Waals surface area contributed by atoms with Crippen LogP contribution < -0.4 is 10.6 Å². The summed E-state index contributed by atoms with van der Waals surface area (Å²) < 4.78 is 0.804. The maximum atomic E-state index is 12.2. The van der Waals surface area contributed by atoms with Crippen LogP contribution in [-0.2, 0) is 4.79 Å². The number of aromatic nitrogens is 2. The summed E-state index contributed by atoms with van der Waals surface area (Å²) in [7, 11) is 0. The van der Waals surface area contributed by atoms with E-state index >= 15 is 0 Å². The first-order chi connectivity index (χ1) is 13.0. The number of rotatable bonds is 7. The molecule has 2 N–H and O–H groups in total. The van der Waals surface area contributed by atoms with E-state index in [1.165, 1.54) is 34.2 Å². The molecule has 0 bridgehead atoms. The van der Waals surface area contributed by atoms with Crippen LogP contribution >= 0.6 is 23.1 Å². The largest absolute Gasteiger partial charge is 0.353 e. The summed E-state index contributed by atoms with van der Waals surface area (Å²) in [5, 5.41) is 15.6. The number of nitrogens with zero attached hydrogens (tertiary/aromatic N) is 3. The van der Waals surface area contributed by atoms with Gasteiger partial charge < -0.3 is 15.5 Å². The minimum absolute atomic E-state index is 0.0780. The molecule has 3 rings (SSSR count). The fourth-order valence-corrected chi connectivity index (χ4v) is 4.69. The number of piperidine rings is 1. The second-order valence-corrected chi connectivity index (χ2v) is 9.01. The van der Waals surface area contributed by atoms with Gasteiger partial charge in [0.05, 0.1) is 5.75 Å². The fourth-order valence-electron chi connectivity index (χ4n) is 3.11. The van der Waals surface area contributed by atoms with Crippen molar-refractivity contribution in [3.05, 3.63) is 29.3 Å². The number of aryl methyl sites for hydroxylation is 1. The van der Waals surface area contributed by atoms with Crippen LogP contribution in [0.2, 0.25) is 0 Å². The van der Waals surface area contributed by atoms with Crippen LogP contribution in [0.25, 0.3) is 0 Å². The molecule has 0 aliphatic carbocycles. The second kappa shape index (κ2) is 9.52. The van der Waals surface area contributed by atoms with Crippen LogP contribution in [0.5, 0.6) is 0 Å². The summed E-state index contributed by atoms with van der Waals surface area (Å²) in [6, 6.07) is 6.45. The average Bonchev–Trinajstić information content (AvgIpc) is 3.12. The van der Waals surface area contributed by atoms with Gasteiger partial charge in [0.15, 0.2) is 4.34 Å². The summed E-state index contributed by atoms with van der Waals surface area (Å²) in [6.45, 7) is 9.58. The summed E-state index contributed by atoms with van der Waals surface area (Å²) >= 11 is 2.92. The van der Waals surface area contributed by atoms with Gasteiger partial charge in [-0.1, -0.05) is 42.2 Å². The molecule has 0 radical (unpaired) electrons. The van der Waals surface area contributed by atoms with Crippen molar-refractivity contribution in [2.24, 2.45) is 0 Å². The highest BCUT2D eigenvalue weighted by Crippen LogP contribution is 2.29. The molecule has 0 unspecified atom stereocenters. The van der Waals surface area contributed by atoms with E-state index in [1.807, 2.05) is 12.1 Å². The zero-order valence-corrected chi connectivity index (χ0v) is 17.8. The van der Waals surface area contributed by atoms with Crippen LogP contribution in [0.3, 0.4) is 0 Å². The normalized spacial score (nSPS) is 15.7. The molecule has 6 nitrogen and oxygen atoms in total. The second-order valence-electron chi connectivity index (χ2n) is 6.81. The van der Waals surface area contributed by atoms with Gasteiger partial charge in [0.2, 0.25) is 11.0 Å². The predicted molar refractivity (Wildman–Crippen MR) is 113 cm³/mol. The highest BCUT2D eigenvalue weighted by atomic mass is 32.2. The number of amides is 1. The molecule has 27 heavy (non-hydrogen) atoms. The third-order valence-corrected chi connectivity index (χ3v) is 6.95. The molecule has 1 amide bonds. The first kappa shape index (κ1) is 20.1. The average molecular weight is 406 g/mol. The molecular weight excluding hydrogens is 378 g/mol. The molecule has 2 aromatic rings. The molecule has 1 aliphatic heterocycles. The van der Waals surface area contributed by atoms with Gasteiger partial charge in [-0.2, -0.15) is 0 Å². The summed E-state index contributed by atoms with van der Waals surface area (Å²) in [6.07, 6.45) is 2.07. The summed E-state index contributed by atoms with van der Waals surface area (Å²) in [4.78, 5) is 14.6. The topological polar surface area (TPSA) is 70.2 Å². The van der Waals surface area contributed by atoms with Crippen molar-refractivity contribution in [2.75, 3.05) is 30.7 Å². The van der Waals surface area contributed by atoms with Crippen molar-refractivity contribution in [3.8, 4) is 0 Å². The monoisotopic (exact) mass is 405 g/mol. The molecule has 0 atom stereocenters. The molecule has 1 aromatic heterocycles. The molecule has 146 valence electrons. The molecule has 1 aromatic carbocycles. The predicted octanol–water partition coefficient (Wildman–Crippen LogP) is 3.59. The third kappa shape index (κ3) is 5.67. The summed E-state index contributed by atoms with van der Waals surface area (Å²) in [5.41, 5.74) is 3.48. The first-order valence-corrected chi connectivity index (χ1v) is 11.2. The number of nitrogens with one attached hydrogen (secondary N) is 2. The van der Waals surface area contributed by atoms with Crippen LogP contribution in [0, 0.1) is 13.8 Å². The van der Waals surface area contributed by atoms with E-state index in [0.717, 1.165) is 47.6 Å². The Morgan fingerprint density at radius 2 is 2.07 bits per heavy atom. The number of carbonyl (C=O) groups is 1. The van der Waals surface area contributed by atoms with Crippen LogP contribution in [0.1, 0.15) is 30.9 Å². The van der Waals surface area contributed by atoms with Crippen LogP contribution in [-0.4, -0.2) is 52.4 Å². The van der Waals surface area contributed by atoms with Gasteiger partial charge in [-0.15, -0.1) is 10.2 Å². The number of hydrogen-bond acceptors (Lipinski definition) is 7. The molecule has 1 saturated heterocycles.